The highest BCUT2D eigenvalue weighted by Gasteiger charge is 2.24. The fourth-order valence-corrected chi connectivity index (χ4v) is 1.56. The zero-order chi connectivity index (χ0) is 12.3. The molecule has 1 aromatic rings. The van der Waals surface area contributed by atoms with Crippen LogP contribution in [0.15, 0.2) is 12.3 Å². The third kappa shape index (κ3) is 2.95. The molecule has 0 aliphatic heterocycles. The molecule has 1 rings (SSSR count). The molecule has 1 aromatic heterocycles. The molecule has 0 aliphatic rings. The maximum atomic E-state index is 11.7. The molecule has 0 aliphatic carbocycles. The van der Waals surface area contributed by atoms with E-state index in [0.29, 0.717) is 22.9 Å². The van der Waals surface area contributed by atoms with Gasteiger partial charge in [-0.3, -0.25) is 4.98 Å². The number of aromatic nitrogens is 1. The second-order valence-electron chi connectivity index (χ2n) is 4.52. The van der Waals surface area contributed by atoms with Crippen molar-refractivity contribution in [2.45, 2.75) is 33.1 Å². The zero-order valence-electron chi connectivity index (χ0n) is 10.0. The molecule has 16 heavy (non-hydrogen) atoms. The van der Waals surface area contributed by atoms with Crippen LogP contribution in [0.2, 0.25) is 5.02 Å². The summed E-state index contributed by atoms with van der Waals surface area (Å²) < 4.78 is 4.98. The van der Waals surface area contributed by atoms with Gasteiger partial charge < -0.3 is 4.74 Å². The molecular formula is C12H16ClNO2. The molecule has 0 atom stereocenters. The Bertz CT molecular complexity index is 396. The Labute approximate surface area is 101 Å². The number of nitrogens with zero attached hydrogens (tertiary/aromatic N) is 1. The van der Waals surface area contributed by atoms with Crippen LogP contribution in [-0.4, -0.2) is 17.6 Å². The Balaban J connectivity index is 3.24. The molecule has 0 unspecified atom stereocenters. The van der Waals surface area contributed by atoms with E-state index in [0.717, 1.165) is 0 Å². The second-order valence-corrected chi connectivity index (χ2v) is 4.96. The first-order valence-corrected chi connectivity index (χ1v) is 5.57. The van der Waals surface area contributed by atoms with Gasteiger partial charge >= 0.3 is 5.97 Å². The lowest BCUT2D eigenvalue weighted by Crippen LogP contribution is -2.20. The highest BCUT2D eigenvalue weighted by Crippen LogP contribution is 2.26. The fourth-order valence-electron chi connectivity index (χ4n) is 1.40. The molecule has 0 spiro atoms. The maximum Gasteiger partial charge on any atom is 0.340 e. The summed E-state index contributed by atoms with van der Waals surface area (Å²) in [5.74, 6) is -0.373. The van der Waals surface area contributed by atoms with Gasteiger partial charge in [-0.2, -0.15) is 0 Å². The maximum absolute atomic E-state index is 11.7. The van der Waals surface area contributed by atoms with E-state index in [1.165, 1.54) is 0 Å². The van der Waals surface area contributed by atoms with Crippen molar-refractivity contribution in [2.24, 2.45) is 0 Å². The summed E-state index contributed by atoms with van der Waals surface area (Å²) in [6.07, 6.45) is 1.55. The van der Waals surface area contributed by atoms with Crippen molar-refractivity contribution in [1.82, 2.24) is 4.98 Å². The van der Waals surface area contributed by atoms with Gasteiger partial charge in [-0.25, -0.2) is 4.79 Å². The lowest BCUT2D eigenvalue weighted by Gasteiger charge is -2.20. The topological polar surface area (TPSA) is 39.2 Å². The minimum atomic E-state index is -0.373. The SMILES string of the molecule is CCOC(=O)c1cc(Cl)cnc1C(C)(C)C. The average molecular weight is 242 g/mol. The Hall–Kier alpha value is -1.09. The van der Waals surface area contributed by atoms with Crippen LogP contribution in [0.25, 0.3) is 0 Å². The van der Waals surface area contributed by atoms with E-state index in [1.807, 2.05) is 20.8 Å². The summed E-state index contributed by atoms with van der Waals surface area (Å²) >= 11 is 5.84. The molecule has 0 saturated carbocycles. The number of esters is 1. The molecule has 0 fully saturated rings. The van der Waals surface area contributed by atoms with Gasteiger partial charge in [0.2, 0.25) is 0 Å². The predicted molar refractivity (Wildman–Crippen MR) is 63.9 cm³/mol. The van der Waals surface area contributed by atoms with Gasteiger partial charge in [0.05, 0.1) is 22.9 Å². The van der Waals surface area contributed by atoms with Gasteiger partial charge in [-0.1, -0.05) is 32.4 Å². The molecular weight excluding hydrogens is 226 g/mol. The number of hydrogen-bond acceptors (Lipinski definition) is 3. The lowest BCUT2D eigenvalue weighted by molar-refractivity contribution is 0.0522. The third-order valence-corrected chi connectivity index (χ3v) is 2.27. The molecule has 0 saturated heterocycles. The van der Waals surface area contributed by atoms with Crippen LogP contribution in [0.3, 0.4) is 0 Å². The Morgan fingerprint density at radius 1 is 1.50 bits per heavy atom. The van der Waals surface area contributed by atoms with Gasteiger partial charge in [0, 0.05) is 11.6 Å². The second kappa shape index (κ2) is 4.83. The average Bonchev–Trinajstić information content (AvgIpc) is 2.16. The van der Waals surface area contributed by atoms with E-state index in [2.05, 4.69) is 4.98 Å². The minimum Gasteiger partial charge on any atom is -0.462 e. The van der Waals surface area contributed by atoms with Crippen LogP contribution >= 0.6 is 11.6 Å². The molecule has 3 nitrogen and oxygen atoms in total. The lowest BCUT2D eigenvalue weighted by atomic mass is 9.88. The Morgan fingerprint density at radius 3 is 2.62 bits per heavy atom. The fraction of sp³-hybridized carbons (Fsp3) is 0.500. The number of carbonyl (C=O) groups excluding carboxylic acids is 1. The summed E-state index contributed by atoms with van der Waals surface area (Å²) in [5.41, 5.74) is 0.935. The summed E-state index contributed by atoms with van der Waals surface area (Å²) in [6.45, 7) is 8.09. The van der Waals surface area contributed by atoms with Crippen LogP contribution in [0.5, 0.6) is 0 Å². The van der Waals surface area contributed by atoms with Crippen LogP contribution in [0, 0.1) is 0 Å². The molecule has 0 amide bonds. The summed E-state index contributed by atoms with van der Waals surface area (Å²) in [7, 11) is 0. The van der Waals surface area contributed by atoms with Crippen LogP contribution in [0.1, 0.15) is 43.7 Å². The number of rotatable bonds is 2. The van der Waals surface area contributed by atoms with Crippen molar-refractivity contribution in [3.8, 4) is 0 Å². The van der Waals surface area contributed by atoms with Crippen LogP contribution < -0.4 is 0 Å². The zero-order valence-corrected chi connectivity index (χ0v) is 10.8. The molecule has 1 heterocycles. The van der Waals surface area contributed by atoms with Crippen molar-refractivity contribution in [2.75, 3.05) is 6.61 Å². The molecule has 0 N–H and O–H groups in total. The quantitative estimate of drug-likeness (QED) is 0.747. The Kier molecular flexibility index (Phi) is 3.92. The van der Waals surface area contributed by atoms with E-state index in [4.69, 9.17) is 16.3 Å². The molecule has 4 heteroatoms. The largest absolute Gasteiger partial charge is 0.462 e. The van der Waals surface area contributed by atoms with Crippen LogP contribution in [0.4, 0.5) is 0 Å². The Morgan fingerprint density at radius 2 is 2.12 bits per heavy atom. The van der Waals surface area contributed by atoms with E-state index in [-0.39, 0.29) is 11.4 Å². The molecule has 0 radical (unpaired) electrons. The predicted octanol–water partition coefficient (Wildman–Crippen LogP) is 3.21. The first kappa shape index (κ1) is 13.0. The molecule has 0 aromatic carbocycles. The van der Waals surface area contributed by atoms with E-state index < -0.39 is 0 Å². The molecule has 88 valence electrons. The summed E-state index contributed by atoms with van der Waals surface area (Å²) in [4.78, 5) is 16.0. The highest BCUT2D eigenvalue weighted by molar-refractivity contribution is 6.30. The van der Waals surface area contributed by atoms with Crippen molar-refractivity contribution in [3.05, 3.63) is 28.5 Å². The van der Waals surface area contributed by atoms with Crippen molar-refractivity contribution in [1.29, 1.82) is 0 Å². The molecule has 0 bridgehead atoms. The summed E-state index contributed by atoms with van der Waals surface area (Å²) in [5, 5.41) is 0.441. The van der Waals surface area contributed by atoms with Gasteiger partial charge in [0.25, 0.3) is 0 Å². The standard InChI is InChI=1S/C12H16ClNO2/c1-5-16-11(15)9-6-8(13)7-14-10(9)12(2,3)4/h6-7H,5H2,1-4H3. The summed E-state index contributed by atoms with van der Waals surface area (Å²) in [6, 6.07) is 1.60. The van der Waals surface area contributed by atoms with E-state index >= 15 is 0 Å². The first-order chi connectivity index (χ1) is 7.36. The van der Waals surface area contributed by atoms with Crippen LogP contribution in [-0.2, 0) is 10.2 Å². The monoisotopic (exact) mass is 241 g/mol. The van der Waals surface area contributed by atoms with Gasteiger partial charge in [0.15, 0.2) is 0 Å². The van der Waals surface area contributed by atoms with E-state index in [9.17, 15) is 4.79 Å². The van der Waals surface area contributed by atoms with E-state index in [1.54, 1.807) is 19.2 Å². The van der Waals surface area contributed by atoms with Crippen molar-refractivity contribution in [3.63, 3.8) is 0 Å². The van der Waals surface area contributed by atoms with Crippen molar-refractivity contribution >= 4 is 17.6 Å². The smallest absolute Gasteiger partial charge is 0.340 e. The minimum absolute atomic E-state index is 0.216. The number of halogens is 1. The first-order valence-electron chi connectivity index (χ1n) is 5.19. The van der Waals surface area contributed by atoms with Crippen molar-refractivity contribution < 1.29 is 9.53 Å². The normalized spacial score (nSPS) is 11.3. The number of pyridine rings is 1. The number of hydrogen-bond donors (Lipinski definition) is 0. The number of carbonyl (C=O) groups is 1. The van der Waals surface area contributed by atoms with Gasteiger partial charge in [-0.15, -0.1) is 0 Å². The van der Waals surface area contributed by atoms with Gasteiger partial charge in [0.1, 0.15) is 0 Å². The number of ether oxygens (including phenoxy) is 1. The van der Waals surface area contributed by atoms with Gasteiger partial charge in [-0.05, 0) is 13.0 Å². The third-order valence-electron chi connectivity index (χ3n) is 2.06. The highest BCUT2D eigenvalue weighted by atomic mass is 35.5.